The molecule has 0 spiro atoms. The second kappa shape index (κ2) is 4.94. The van der Waals surface area contributed by atoms with Gasteiger partial charge in [-0.3, -0.25) is 9.69 Å². The smallest absolute Gasteiger partial charge is 0.233 e. The van der Waals surface area contributed by atoms with E-state index in [9.17, 15) is 4.79 Å². The number of para-hydroxylation sites is 2. The third-order valence-corrected chi connectivity index (χ3v) is 3.39. The van der Waals surface area contributed by atoms with E-state index in [2.05, 4.69) is 5.32 Å². The van der Waals surface area contributed by atoms with Crippen molar-refractivity contribution in [1.29, 1.82) is 0 Å². The van der Waals surface area contributed by atoms with Crippen LogP contribution in [0, 0.1) is 0 Å². The van der Waals surface area contributed by atoms with E-state index in [4.69, 9.17) is 11.6 Å². The fourth-order valence-electron chi connectivity index (χ4n) is 2.24. The lowest BCUT2D eigenvalue weighted by Gasteiger charge is -2.22. The predicted molar refractivity (Wildman–Crippen MR) is 78.1 cm³/mol. The molecular formula is C15H13ClN2O. The molecule has 0 fully saturated rings. The highest BCUT2D eigenvalue weighted by Crippen LogP contribution is 2.34. The van der Waals surface area contributed by atoms with Crippen molar-refractivity contribution in [3.63, 3.8) is 0 Å². The first kappa shape index (κ1) is 12.1. The molecular weight excluding hydrogens is 260 g/mol. The molecule has 0 bridgehead atoms. The highest BCUT2D eigenvalue weighted by Gasteiger charge is 2.22. The average Bonchev–Trinajstić information content (AvgIpc) is 2.58. The zero-order valence-electron chi connectivity index (χ0n) is 10.3. The summed E-state index contributed by atoms with van der Waals surface area (Å²) >= 11 is 5.90. The van der Waals surface area contributed by atoms with Gasteiger partial charge in [-0.2, -0.15) is 0 Å². The third-order valence-electron chi connectivity index (χ3n) is 3.13. The summed E-state index contributed by atoms with van der Waals surface area (Å²) in [6.07, 6.45) is 0.470. The molecule has 0 aliphatic carbocycles. The fraction of sp³-hybridized carbons (Fsp3) is 0.133. The van der Waals surface area contributed by atoms with Crippen LogP contribution >= 0.6 is 11.6 Å². The van der Waals surface area contributed by atoms with Crippen molar-refractivity contribution < 1.29 is 4.79 Å². The number of rotatable bonds is 1. The Hall–Kier alpha value is -2.00. The van der Waals surface area contributed by atoms with Crippen molar-refractivity contribution >= 4 is 34.6 Å². The summed E-state index contributed by atoms with van der Waals surface area (Å²) in [7, 11) is 0. The van der Waals surface area contributed by atoms with Gasteiger partial charge >= 0.3 is 0 Å². The standard InChI is InChI=1S/C15H13ClN2O/c16-11-5-7-12(8-6-11)18-14-4-2-1-3-13(14)17-10-9-15(18)19/h1-8,17H,9-10H2. The van der Waals surface area contributed by atoms with E-state index in [1.165, 1.54) is 0 Å². The highest BCUT2D eigenvalue weighted by atomic mass is 35.5. The van der Waals surface area contributed by atoms with Gasteiger partial charge in [-0.25, -0.2) is 0 Å². The Labute approximate surface area is 116 Å². The van der Waals surface area contributed by atoms with Gasteiger partial charge in [0.05, 0.1) is 11.4 Å². The molecule has 0 aromatic heterocycles. The minimum absolute atomic E-state index is 0.0831. The van der Waals surface area contributed by atoms with Crippen LogP contribution in [0.3, 0.4) is 0 Å². The van der Waals surface area contributed by atoms with Crippen LogP contribution in [0.4, 0.5) is 17.1 Å². The van der Waals surface area contributed by atoms with E-state index in [0.29, 0.717) is 18.0 Å². The SMILES string of the molecule is O=C1CCNc2ccccc2N1c1ccc(Cl)cc1. The molecule has 3 nitrogen and oxygen atoms in total. The van der Waals surface area contributed by atoms with Gasteiger partial charge in [-0.1, -0.05) is 23.7 Å². The topological polar surface area (TPSA) is 32.3 Å². The Morgan fingerprint density at radius 1 is 1.05 bits per heavy atom. The molecule has 1 N–H and O–H groups in total. The summed E-state index contributed by atoms with van der Waals surface area (Å²) in [6, 6.07) is 15.1. The maximum absolute atomic E-state index is 12.3. The molecule has 1 aliphatic rings. The number of nitrogens with one attached hydrogen (secondary N) is 1. The minimum atomic E-state index is 0.0831. The molecule has 0 saturated carbocycles. The van der Waals surface area contributed by atoms with E-state index in [-0.39, 0.29) is 5.91 Å². The molecule has 1 amide bonds. The number of nitrogens with zero attached hydrogens (tertiary/aromatic N) is 1. The van der Waals surface area contributed by atoms with Crippen molar-refractivity contribution in [2.45, 2.75) is 6.42 Å². The largest absolute Gasteiger partial charge is 0.383 e. The molecule has 2 aromatic carbocycles. The Balaban J connectivity index is 2.12. The molecule has 1 heterocycles. The molecule has 3 rings (SSSR count). The number of hydrogen-bond donors (Lipinski definition) is 1. The quantitative estimate of drug-likeness (QED) is 0.856. The molecule has 0 unspecified atom stereocenters. The van der Waals surface area contributed by atoms with Crippen LogP contribution in [0.2, 0.25) is 5.02 Å². The van der Waals surface area contributed by atoms with Gasteiger partial charge < -0.3 is 5.32 Å². The van der Waals surface area contributed by atoms with Gasteiger partial charge in [0.15, 0.2) is 0 Å². The van der Waals surface area contributed by atoms with Crippen LogP contribution in [0.15, 0.2) is 48.5 Å². The molecule has 0 atom stereocenters. The van der Waals surface area contributed by atoms with Gasteiger partial charge in [-0.15, -0.1) is 0 Å². The Morgan fingerprint density at radius 3 is 2.58 bits per heavy atom. The normalized spacial score (nSPS) is 14.6. The van der Waals surface area contributed by atoms with Gasteiger partial charge in [0.25, 0.3) is 0 Å². The molecule has 4 heteroatoms. The van der Waals surface area contributed by atoms with Gasteiger partial charge in [0.1, 0.15) is 0 Å². The lowest BCUT2D eigenvalue weighted by atomic mass is 10.2. The summed E-state index contributed by atoms with van der Waals surface area (Å²) in [5.41, 5.74) is 2.70. The lowest BCUT2D eigenvalue weighted by Crippen LogP contribution is -2.24. The molecule has 0 saturated heterocycles. The van der Waals surface area contributed by atoms with Crippen molar-refractivity contribution in [2.75, 3.05) is 16.8 Å². The van der Waals surface area contributed by atoms with Crippen LogP contribution in [-0.4, -0.2) is 12.5 Å². The Kier molecular flexibility index (Phi) is 3.13. The first-order valence-corrected chi connectivity index (χ1v) is 6.55. The molecule has 19 heavy (non-hydrogen) atoms. The number of fused-ring (bicyclic) bond motifs is 1. The fourth-order valence-corrected chi connectivity index (χ4v) is 2.37. The van der Waals surface area contributed by atoms with Crippen molar-refractivity contribution in [3.8, 4) is 0 Å². The molecule has 96 valence electrons. The van der Waals surface area contributed by atoms with Crippen molar-refractivity contribution in [1.82, 2.24) is 0 Å². The first-order chi connectivity index (χ1) is 9.25. The zero-order valence-corrected chi connectivity index (χ0v) is 11.0. The van der Waals surface area contributed by atoms with Gasteiger partial charge in [0.2, 0.25) is 5.91 Å². The van der Waals surface area contributed by atoms with Gasteiger partial charge in [-0.05, 0) is 36.4 Å². The van der Waals surface area contributed by atoms with E-state index in [1.807, 2.05) is 36.4 Å². The van der Waals surface area contributed by atoms with Crippen LogP contribution in [-0.2, 0) is 4.79 Å². The maximum atomic E-state index is 12.3. The average molecular weight is 273 g/mol. The molecule has 1 aliphatic heterocycles. The number of carbonyl (C=O) groups excluding carboxylic acids is 1. The van der Waals surface area contributed by atoms with E-state index < -0.39 is 0 Å². The number of carbonyl (C=O) groups is 1. The lowest BCUT2D eigenvalue weighted by molar-refractivity contribution is -0.117. The monoisotopic (exact) mass is 272 g/mol. The summed E-state index contributed by atoms with van der Waals surface area (Å²) in [6.45, 7) is 0.653. The first-order valence-electron chi connectivity index (χ1n) is 6.17. The van der Waals surface area contributed by atoms with Crippen LogP contribution in [0.25, 0.3) is 0 Å². The van der Waals surface area contributed by atoms with Crippen LogP contribution in [0.5, 0.6) is 0 Å². The second-order valence-corrected chi connectivity index (χ2v) is 4.84. The summed E-state index contributed by atoms with van der Waals surface area (Å²) in [5, 5.41) is 3.94. The number of hydrogen-bond acceptors (Lipinski definition) is 2. The number of amides is 1. The summed E-state index contributed by atoms with van der Waals surface area (Å²) in [4.78, 5) is 14.1. The molecule has 0 radical (unpaired) electrons. The number of anilines is 3. The second-order valence-electron chi connectivity index (χ2n) is 4.40. The van der Waals surface area contributed by atoms with Crippen molar-refractivity contribution in [2.24, 2.45) is 0 Å². The zero-order chi connectivity index (χ0) is 13.2. The van der Waals surface area contributed by atoms with E-state index in [1.54, 1.807) is 17.0 Å². The molecule has 2 aromatic rings. The third kappa shape index (κ3) is 2.29. The van der Waals surface area contributed by atoms with Crippen LogP contribution < -0.4 is 10.2 Å². The Morgan fingerprint density at radius 2 is 1.79 bits per heavy atom. The number of halogens is 1. The van der Waals surface area contributed by atoms with E-state index >= 15 is 0 Å². The summed E-state index contributed by atoms with van der Waals surface area (Å²) in [5.74, 6) is 0.0831. The van der Waals surface area contributed by atoms with E-state index in [0.717, 1.165) is 17.1 Å². The van der Waals surface area contributed by atoms with Gasteiger partial charge in [0, 0.05) is 23.7 Å². The Bertz CT molecular complexity index is 610. The number of benzene rings is 2. The maximum Gasteiger partial charge on any atom is 0.233 e. The van der Waals surface area contributed by atoms with Crippen LogP contribution in [0.1, 0.15) is 6.42 Å². The predicted octanol–water partition coefficient (Wildman–Crippen LogP) is 3.82. The minimum Gasteiger partial charge on any atom is -0.383 e. The van der Waals surface area contributed by atoms with Crippen molar-refractivity contribution in [3.05, 3.63) is 53.6 Å². The highest BCUT2D eigenvalue weighted by molar-refractivity contribution is 6.30. The summed E-state index contributed by atoms with van der Waals surface area (Å²) < 4.78 is 0.